The summed E-state index contributed by atoms with van der Waals surface area (Å²) in [6.07, 6.45) is 3.82. The van der Waals surface area contributed by atoms with Crippen LogP contribution in [0.4, 0.5) is 0 Å². The summed E-state index contributed by atoms with van der Waals surface area (Å²) in [6, 6.07) is 8.55. The topological polar surface area (TPSA) is 97.4 Å². The zero-order valence-corrected chi connectivity index (χ0v) is 18.0. The van der Waals surface area contributed by atoms with Gasteiger partial charge in [-0.05, 0) is 57.7 Å². The van der Waals surface area contributed by atoms with Crippen LogP contribution >= 0.6 is 27.3 Å². The summed E-state index contributed by atoms with van der Waals surface area (Å²) in [5.41, 5.74) is 6.22. The Kier molecular flexibility index (Phi) is 4.98. The van der Waals surface area contributed by atoms with Crippen LogP contribution in [0.2, 0.25) is 0 Å². The number of rotatable bonds is 1. The number of allylic oxidation sites excluding steroid dienone is 4. The Morgan fingerprint density at radius 2 is 1.93 bits per heavy atom. The highest BCUT2D eigenvalue weighted by molar-refractivity contribution is 9.10. The molecule has 27 heavy (non-hydrogen) atoms. The summed E-state index contributed by atoms with van der Waals surface area (Å²) in [7, 11) is 0. The summed E-state index contributed by atoms with van der Waals surface area (Å²) in [5, 5.41) is 31.8. The Bertz CT molecular complexity index is 944. The minimum atomic E-state index is -1.53. The molecular weight excluding hydrogens is 420 g/mol. The van der Waals surface area contributed by atoms with Crippen molar-refractivity contribution in [2.24, 2.45) is 28.4 Å². The first-order valence-corrected chi connectivity index (χ1v) is 10.5. The highest BCUT2D eigenvalue weighted by Gasteiger charge is 2.55. The second-order valence-electron chi connectivity index (χ2n) is 8.38. The Balaban J connectivity index is 2.29. The van der Waals surface area contributed by atoms with Crippen molar-refractivity contribution in [3.05, 3.63) is 43.7 Å². The van der Waals surface area contributed by atoms with E-state index in [1.807, 2.05) is 11.4 Å². The van der Waals surface area contributed by atoms with Gasteiger partial charge in [0.25, 0.3) is 0 Å². The first-order valence-electron chi connectivity index (χ1n) is 8.86. The molecule has 138 valence electrons. The molecular formula is C21H21BrN4S. The summed E-state index contributed by atoms with van der Waals surface area (Å²) in [4.78, 5) is 0.954. The van der Waals surface area contributed by atoms with Crippen LogP contribution < -0.4 is 5.73 Å². The number of hydrogen-bond donors (Lipinski definition) is 1. The summed E-state index contributed by atoms with van der Waals surface area (Å²) in [6.45, 7) is 6.65. The Labute approximate surface area is 172 Å². The first kappa shape index (κ1) is 19.7. The maximum absolute atomic E-state index is 10.1. The average molecular weight is 441 g/mol. The van der Waals surface area contributed by atoms with Crippen molar-refractivity contribution in [1.29, 1.82) is 15.8 Å². The summed E-state index contributed by atoms with van der Waals surface area (Å²) in [5.74, 6) is -0.0430. The van der Waals surface area contributed by atoms with Crippen LogP contribution in [0.25, 0.3) is 0 Å². The smallest absolute Gasteiger partial charge is 0.192 e. The van der Waals surface area contributed by atoms with E-state index >= 15 is 0 Å². The zero-order valence-electron chi connectivity index (χ0n) is 15.6. The van der Waals surface area contributed by atoms with E-state index < -0.39 is 5.41 Å². The molecule has 0 aromatic carbocycles. The van der Waals surface area contributed by atoms with Crippen molar-refractivity contribution < 1.29 is 0 Å². The highest BCUT2D eigenvalue weighted by atomic mass is 79.9. The fourth-order valence-corrected chi connectivity index (χ4v) is 6.07. The molecule has 3 atom stereocenters. The molecule has 2 aliphatic rings. The fraction of sp³-hybridized carbons (Fsp3) is 0.476. The van der Waals surface area contributed by atoms with Crippen molar-refractivity contribution in [2.75, 3.05) is 0 Å². The number of fused-ring (bicyclic) bond motifs is 1. The van der Waals surface area contributed by atoms with Crippen molar-refractivity contribution in [1.82, 2.24) is 0 Å². The van der Waals surface area contributed by atoms with E-state index in [9.17, 15) is 15.8 Å². The van der Waals surface area contributed by atoms with Gasteiger partial charge in [0.05, 0.1) is 23.4 Å². The van der Waals surface area contributed by atoms with Gasteiger partial charge in [-0.25, -0.2) is 0 Å². The van der Waals surface area contributed by atoms with Crippen LogP contribution in [-0.2, 0) is 0 Å². The van der Waals surface area contributed by atoms with E-state index in [-0.39, 0.29) is 22.9 Å². The molecule has 0 amide bonds. The van der Waals surface area contributed by atoms with E-state index in [4.69, 9.17) is 5.73 Å². The van der Waals surface area contributed by atoms with E-state index in [1.54, 1.807) is 0 Å². The molecule has 0 saturated heterocycles. The second-order valence-corrected chi connectivity index (χ2v) is 10.2. The lowest BCUT2D eigenvalue weighted by molar-refractivity contribution is 0.171. The van der Waals surface area contributed by atoms with Crippen molar-refractivity contribution in [3.63, 3.8) is 0 Å². The van der Waals surface area contributed by atoms with Crippen LogP contribution in [0.5, 0.6) is 0 Å². The molecule has 2 aliphatic carbocycles. The van der Waals surface area contributed by atoms with Gasteiger partial charge in [-0.15, -0.1) is 11.3 Å². The SMILES string of the molecule is CC(C)(C)C1CC=C2C(C#N)=C(N)C(C#N)(C#N)C(c3cc(Br)cs3)C2C1. The van der Waals surface area contributed by atoms with Crippen molar-refractivity contribution in [3.8, 4) is 18.2 Å². The summed E-state index contributed by atoms with van der Waals surface area (Å²) >= 11 is 5.01. The Morgan fingerprint density at radius 3 is 2.41 bits per heavy atom. The quantitative estimate of drug-likeness (QED) is 0.633. The molecule has 0 spiro atoms. The predicted molar refractivity (Wildman–Crippen MR) is 109 cm³/mol. The minimum Gasteiger partial charge on any atom is -0.399 e. The molecule has 4 nitrogen and oxygen atoms in total. The fourth-order valence-electron chi connectivity index (χ4n) is 4.39. The zero-order chi connectivity index (χ0) is 20.0. The number of nitrogens with two attached hydrogens (primary N) is 1. The van der Waals surface area contributed by atoms with E-state index in [2.05, 4.69) is 61.0 Å². The monoisotopic (exact) mass is 440 g/mol. The van der Waals surface area contributed by atoms with Gasteiger partial charge in [0.2, 0.25) is 0 Å². The van der Waals surface area contributed by atoms with Gasteiger partial charge in [0, 0.05) is 20.6 Å². The van der Waals surface area contributed by atoms with E-state index in [1.165, 1.54) is 11.3 Å². The molecule has 6 heteroatoms. The van der Waals surface area contributed by atoms with Gasteiger partial charge in [-0.2, -0.15) is 15.8 Å². The van der Waals surface area contributed by atoms with Gasteiger partial charge < -0.3 is 5.73 Å². The lowest BCUT2D eigenvalue weighted by atomic mass is 9.55. The molecule has 0 aliphatic heterocycles. The van der Waals surface area contributed by atoms with Crippen molar-refractivity contribution in [2.45, 2.75) is 39.5 Å². The largest absolute Gasteiger partial charge is 0.399 e. The van der Waals surface area contributed by atoms with Gasteiger partial charge >= 0.3 is 0 Å². The Morgan fingerprint density at radius 1 is 1.26 bits per heavy atom. The molecule has 0 bridgehead atoms. The molecule has 0 fully saturated rings. The van der Waals surface area contributed by atoms with Crippen LogP contribution in [0.3, 0.4) is 0 Å². The molecule has 3 unspecified atom stereocenters. The van der Waals surface area contributed by atoms with Crippen LogP contribution in [0.15, 0.2) is 38.8 Å². The van der Waals surface area contributed by atoms with Gasteiger partial charge in [-0.3, -0.25) is 0 Å². The molecule has 1 aromatic rings. The molecule has 0 radical (unpaired) electrons. The third kappa shape index (κ3) is 3.00. The molecule has 3 rings (SSSR count). The molecule has 1 heterocycles. The molecule has 2 N–H and O–H groups in total. The number of thiophene rings is 1. The van der Waals surface area contributed by atoms with Crippen molar-refractivity contribution >= 4 is 27.3 Å². The van der Waals surface area contributed by atoms with Crippen LogP contribution in [0.1, 0.15) is 44.4 Å². The van der Waals surface area contributed by atoms with E-state index in [0.717, 1.165) is 27.8 Å². The normalized spacial score (nSPS) is 27.0. The maximum Gasteiger partial charge on any atom is 0.192 e. The van der Waals surface area contributed by atoms with Gasteiger partial charge in [-0.1, -0.05) is 26.8 Å². The summed E-state index contributed by atoms with van der Waals surface area (Å²) < 4.78 is 0.926. The third-order valence-electron chi connectivity index (χ3n) is 6.00. The number of nitrogens with zero attached hydrogens (tertiary/aromatic N) is 3. The molecule has 1 aromatic heterocycles. The average Bonchev–Trinajstić information content (AvgIpc) is 3.05. The highest BCUT2D eigenvalue weighted by Crippen LogP contribution is 2.58. The molecule has 0 saturated carbocycles. The lowest BCUT2D eigenvalue weighted by Crippen LogP contribution is -2.44. The van der Waals surface area contributed by atoms with Crippen LogP contribution in [0, 0.1) is 56.7 Å². The van der Waals surface area contributed by atoms with Gasteiger partial charge in [0.15, 0.2) is 5.41 Å². The third-order valence-corrected chi connectivity index (χ3v) is 7.77. The second kappa shape index (κ2) is 6.83. The first-order chi connectivity index (χ1) is 12.7. The number of nitriles is 3. The number of halogens is 1. The Hall–Kier alpha value is -2.07. The number of hydrogen-bond acceptors (Lipinski definition) is 5. The van der Waals surface area contributed by atoms with E-state index in [0.29, 0.717) is 11.5 Å². The standard InChI is InChI=1S/C21H21BrN4S/c1-20(2,3)12-4-5-14-15(6-12)18(17-7-13(22)9-27-17)21(10-24,11-25)19(26)16(14)8-23/h5,7,9,12,15,18H,4,6,26H2,1-3H3. The van der Waals surface area contributed by atoms with Crippen LogP contribution in [-0.4, -0.2) is 0 Å². The minimum absolute atomic E-state index is 0.0743. The lowest BCUT2D eigenvalue weighted by Gasteiger charge is -2.46. The maximum atomic E-state index is 10.1. The predicted octanol–water partition coefficient (Wildman–Crippen LogP) is 5.38. The van der Waals surface area contributed by atoms with Gasteiger partial charge in [0.1, 0.15) is 6.07 Å².